The van der Waals surface area contributed by atoms with Crippen molar-refractivity contribution in [1.29, 1.82) is 0 Å². The lowest BCUT2D eigenvalue weighted by atomic mass is 10.0. The van der Waals surface area contributed by atoms with E-state index in [1.165, 1.54) is 0 Å². The van der Waals surface area contributed by atoms with Gasteiger partial charge >= 0.3 is 15.2 Å². The molecule has 0 aromatic heterocycles. The monoisotopic (exact) mass is 272 g/mol. The molecule has 0 bridgehead atoms. The summed E-state index contributed by atoms with van der Waals surface area (Å²) >= 11 is 0. The van der Waals surface area contributed by atoms with Crippen molar-refractivity contribution in [1.82, 2.24) is 0 Å². The van der Waals surface area contributed by atoms with Gasteiger partial charge in [-0.25, -0.2) is 4.31 Å². The van der Waals surface area contributed by atoms with Crippen molar-refractivity contribution in [2.75, 3.05) is 12.8 Å². The molecule has 0 rings (SSSR count). The van der Waals surface area contributed by atoms with Crippen LogP contribution in [-0.4, -0.2) is 22.6 Å². The molecule has 0 amide bonds. The molecule has 5 nitrogen and oxygen atoms in total. The van der Waals surface area contributed by atoms with E-state index >= 15 is 0 Å². The second-order valence-electron chi connectivity index (χ2n) is 4.12. The lowest BCUT2D eigenvalue weighted by Gasteiger charge is -2.19. The summed E-state index contributed by atoms with van der Waals surface area (Å²) in [5.74, 6) is 0.0716. The largest absolute Gasteiger partial charge is 0.335 e. The van der Waals surface area contributed by atoms with Crippen LogP contribution in [0.25, 0.3) is 0 Å². The Morgan fingerprint density at radius 3 is 2.19 bits per heavy atom. The Labute approximate surface area is 97.3 Å². The number of rotatable bonds is 8. The highest BCUT2D eigenvalue weighted by Gasteiger charge is 2.30. The van der Waals surface area contributed by atoms with Crippen LogP contribution in [0.2, 0.25) is 0 Å². The fourth-order valence-electron chi connectivity index (χ4n) is 1.51. The Bertz CT molecular complexity index is 286. The van der Waals surface area contributed by atoms with Crippen LogP contribution in [0.3, 0.4) is 0 Å². The second kappa shape index (κ2) is 6.93. The number of unbranched alkanes of at least 4 members (excludes halogenated alkanes) is 1. The van der Waals surface area contributed by atoms with Crippen molar-refractivity contribution in [3.8, 4) is 0 Å². The topological polar surface area (TPSA) is 83.8 Å². The maximum absolute atomic E-state index is 11.6. The lowest BCUT2D eigenvalue weighted by molar-refractivity contribution is 0.326. The van der Waals surface area contributed by atoms with Gasteiger partial charge < -0.3 is 9.79 Å². The van der Waals surface area contributed by atoms with Crippen molar-refractivity contribution in [3.63, 3.8) is 0 Å². The van der Waals surface area contributed by atoms with Crippen LogP contribution in [0.5, 0.6) is 0 Å². The van der Waals surface area contributed by atoms with E-state index in [1.54, 1.807) is 0 Å². The molecule has 0 aliphatic rings. The molecule has 0 aromatic carbocycles. The molecule has 3 atom stereocenters. The van der Waals surface area contributed by atoms with Gasteiger partial charge in [-0.15, -0.1) is 0 Å². The third kappa shape index (κ3) is 8.49. The summed E-state index contributed by atoms with van der Waals surface area (Å²) in [6, 6.07) is 0. The zero-order valence-electron chi connectivity index (χ0n) is 10.1. The Balaban J connectivity index is 4.31. The summed E-state index contributed by atoms with van der Waals surface area (Å²) in [6.45, 7) is 4.91. The van der Waals surface area contributed by atoms with E-state index in [0.29, 0.717) is 0 Å². The zero-order valence-corrected chi connectivity index (χ0v) is 11.9. The molecule has 2 N–H and O–H groups in total. The van der Waals surface area contributed by atoms with Crippen LogP contribution in [-0.2, 0) is 13.4 Å². The third-order valence-electron chi connectivity index (χ3n) is 2.31. The predicted octanol–water partition coefficient (Wildman–Crippen LogP) is 3.22. The first-order chi connectivity index (χ1) is 7.20. The highest BCUT2D eigenvalue weighted by molar-refractivity contribution is 7.65. The second-order valence-corrected chi connectivity index (χ2v) is 8.02. The van der Waals surface area contributed by atoms with Crippen LogP contribution in [0, 0.1) is 5.92 Å². The summed E-state index contributed by atoms with van der Waals surface area (Å²) in [4.78, 5) is 18.4. The van der Waals surface area contributed by atoms with E-state index in [0.717, 1.165) is 32.3 Å². The van der Waals surface area contributed by atoms with Crippen LogP contribution >= 0.6 is 15.2 Å². The molecule has 7 heteroatoms. The molecule has 0 aliphatic carbocycles. The van der Waals surface area contributed by atoms with Crippen molar-refractivity contribution in [2.24, 2.45) is 5.92 Å². The van der Waals surface area contributed by atoms with Crippen LogP contribution in [0.15, 0.2) is 0 Å². The van der Waals surface area contributed by atoms with Gasteiger partial charge in [-0.2, -0.15) is 0 Å². The van der Waals surface area contributed by atoms with Crippen molar-refractivity contribution in [3.05, 3.63) is 0 Å². The zero-order chi connectivity index (χ0) is 12.8. The Morgan fingerprint density at radius 1 is 1.25 bits per heavy atom. The highest BCUT2D eigenvalue weighted by atomic mass is 31.3. The first kappa shape index (κ1) is 16.3. The average molecular weight is 272 g/mol. The minimum Gasteiger partial charge on any atom is -0.324 e. The maximum Gasteiger partial charge on any atom is 0.335 e. The van der Waals surface area contributed by atoms with Gasteiger partial charge in [-0.05, 0) is 12.3 Å². The fraction of sp³-hybridized carbons (Fsp3) is 1.00. The number of hydrogen-bond acceptors (Lipinski definition) is 3. The van der Waals surface area contributed by atoms with Crippen LogP contribution in [0.4, 0.5) is 0 Å². The fourth-order valence-corrected chi connectivity index (χ4v) is 4.77. The Hall–Kier alpha value is 0.340. The van der Waals surface area contributed by atoms with Gasteiger partial charge in [0.1, 0.15) is 0 Å². The molecule has 3 unspecified atom stereocenters. The maximum atomic E-state index is 11.6. The molecule has 0 aliphatic heterocycles. The van der Waals surface area contributed by atoms with Gasteiger partial charge in [0, 0.05) is 6.66 Å². The average Bonchev–Trinajstić information content (AvgIpc) is 2.07. The summed E-state index contributed by atoms with van der Waals surface area (Å²) in [6.07, 6.45) is 3.59. The minimum atomic E-state index is -3.94. The van der Waals surface area contributed by atoms with Crippen molar-refractivity contribution < 1.29 is 23.2 Å². The summed E-state index contributed by atoms with van der Waals surface area (Å²) < 4.78 is 26.8. The molecule has 0 aromatic rings. The van der Waals surface area contributed by atoms with Gasteiger partial charge in [-0.3, -0.25) is 9.13 Å². The summed E-state index contributed by atoms with van der Waals surface area (Å²) in [5.41, 5.74) is 0. The summed E-state index contributed by atoms with van der Waals surface area (Å²) in [5, 5.41) is 0. The van der Waals surface area contributed by atoms with E-state index < -0.39 is 15.2 Å². The molecule has 0 heterocycles. The van der Waals surface area contributed by atoms with Gasteiger partial charge in [-0.1, -0.05) is 33.1 Å². The molecular weight excluding hydrogens is 250 g/mol. The van der Waals surface area contributed by atoms with Crippen molar-refractivity contribution in [2.45, 2.75) is 39.5 Å². The predicted molar refractivity (Wildman–Crippen MR) is 64.8 cm³/mol. The molecule has 0 fully saturated rings. The van der Waals surface area contributed by atoms with E-state index in [4.69, 9.17) is 4.89 Å². The quantitative estimate of drug-likeness (QED) is 0.663. The molecule has 0 spiro atoms. The van der Waals surface area contributed by atoms with E-state index in [2.05, 4.69) is 11.2 Å². The smallest absolute Gasteiger partial charge is 0.324 e. The van der Waals surface area contributed by atoms with Gasteiger partial charge in [0.15, 0.2) is 0 Å². The lowest BCUT2D eigenvalue weighted by Crippen LogP contribution is -2.07. The van der Waals surface area contributed by atoms with Crippen LogP contribution in [0.1, 0.15) is 39.5 Å². The van der Waals surface area contributed by atoms with Gasteiger partial charge in [0.05, 0.1) is 6.16 Å². The summed E-state index contributed by atoms with van der Waals surface area (Å²) in [7, 11) is -7.83. The van der Waals surface area contributed by atoms with Gasteiger partial charge in [0.25, 0.3) is 0 Å². The van der Waals surface area contributed by atoms with E-state index in [-0.39, 0.29) is 12.1 Å². The first-order valence-corrected chi connectivity index (χ1v) is 9.32. The molecule has 0 saturated heterocycles. The molecule has 98 valence electrons. The standard InChI is InChI=1S/C9H22O5P2/c1-4-6-7-9(5-2)8-16(12,13)14-15(3,10)11/h9H,4-8H2,1-3H3,(H,10,11)(H,12,13). The normalized spacial score (nSPS) is 21.1. The Kier molecular flexibility index (Phi) is 7.07. The molecular formula is C9H22O5P2. The number of hydrogen-bond donors (Lipinski definition) is 2. The molecule has 16 heavy (non-hydrogen) atoms. The van der Waals surface area contributed by atoms with Crippen LogP contribution < -0.4 is 0 Å². The molecule has 0 radical (unpaired) electrons. The highest BCUT2D eigenvalue weighted by Crippen LogP contribution is 2.58. The SMILES string of the molecule is CCCCC(CC)CP(=O)(O)OP(C)(=O)O. The van der Waals surface area contributed by atoms with Gasteiger partial charge in [0.2, 0.25) is 0 Å². The van der Waals surface area contributed by atoms with E-state index in [1.807, 2.05) is 6.92 Å². The molecule has 0 saturated carbocycles. The first-order valence-electron chi connectivity index (χ1n) is 5.53. The Morgan fingerprint density at radius 2 is 1.81 bits per heavy atom. The minimum absolute atomic E-state index is 0.0398. The van der Waals surface area contributed by atoms with Crippen molar-refractivity contribution >= 4 is 15.2 Å². The van der Waals surface area contributed by atoms with E-state index in [9.17, 15) is 14.0 Å². The third-order valence-corrected chi connectivity index (χ3v) is 5.52.